The molecule has 2 aromatic rings. The van der Waals surface area contributed by atoms with E-state index in [1.54, 1.807) is 6.07 Å². The lowest BCUT2D eigenvalue weighted by Crippen LogP contribution is -2.27. The maximum Gasteiger partial charge on any atom is 0.412 e. The molecule has 25 heavy (non-hydrogen) atoms. The van der Waals surface area contributed by atoms with Crippen molar-refractivity contribution in [2.24, 2.45) is 0 Å². The number of hydrogen-bond acceptors (Lipinski definition) is 4. The van der Waals surface area contributed by atoms with Crippen molar-refractivity contribution in [1.82, 2.24) is 10.3 Å². The van der Waals surface area contributed by atoms with E-state index < -0.39 is 6.09 Å². The van der Waals surface area contributed by atoms with E-state index in [1.807, 2.05) is 12.1 Å². The molecule has 1 aromatic carbocycles. The van der Waals surface area contributed by atoms with Crippen molar-refractivity contribution < 1.29 is 9.53 Å². The molecule has 0 atom stereocenters. The minimum Gasteiger partial charge on any atom is -0.410 e. The van der Waals surface area contributed by atoms with Crippen molar-refractivity contribution in [2.45, 2.75) is 58.3 Å². The average molecular weight is 341 g/mol. The minimum atomic E-state index is -0.416. The molecule has 5 nitrogen and oxygen atoms in total. The van der Waals surface area contributed by atoms with Gasteiger partial charge >= 0.3 is 6.09 Å². The van der Waals surface area contributed by atoms with Gasteiger partial charge in [0, 0.05) is 23.3 Å². The fourth-order valence-corrected chi connectivity index (χ4v) is 3.39. The molecule has 0 saturated carbocycles. The molecule has 1 amide bonds. The number of carbonyl (C=O) groups is 1. The Hall–Kier alpha value is -2.30. The number of hydrogen-bond donors (Lipinski definition) is 2. The highest BCUT2D eigenvalue weighted by Gasteiger charge is 2.17. The number of aromatic nitrogens is 1. The van der Waals surface area contributed by atoms with E-state index in [-0.39, 0.29) is 0 Å². The van der Waals surface area contributed by atoms with Crippen molar-refractivity contribution in [3.8, 4) is 5.75 Å². The van der Waals surface area contributed by atoms with Gasteiger partial charge < -0.3 is 15.8 Å². The van der Waals surface area contributed by atoms with Crippen molar-refractivity contribution in [3.05, 3.63) is 29.5 Å². The number of benzene rings is 1. The first-order valence-electron chi connectivity index (χ1n) is 9.35. The number of rotatable bonds is 6. The van der Waals surface area contributed by atoms with Gasteiger partial charge in [0.25, 0.3) is 0 Å². The van der Waals surface area contributed by atoms with Crippen LogP contribution in [-0.2, 0) is 12.8 Å². The molecule has 5 heteroatoms. The predicted molar refractivity (Wildman–Crippen MR) is 101 cm³/mol. The Kier molecular flexibility index (Phi) is 5.74. The molecule has 134 valence electrons. The van der Waals surface area contributed by atoms with E-state index in [2.05, 4.69) is 12.2 Å². The lowest BCUT2D eigenvalue weighted by Gasteiger charge is -2.18. The number of nitrogens with two attached hydrogens (primary N) is 1. The summed E-state index contributed by atoms with van der Waals surface area (Å²) in [5.74, 6) is 0.503. The number of aryl methyl sites for hydroxylation is 1. The summed E-state index contributed by atoms with van der Waals surface area (Å²) in [7, 11) is 0. The number of nitrogens with zero attached hydrogens (tertiary/aromatic N) is 1. The minimum absolute atomic E-state index is 0.416. The van der Waals surface area contributed by atoms with Crippen LogP contribution in [0.4, 0.5) is 10.5 Å². The molecular formula is C20H27N3O2. The number of amides is 1. The number of carbonyl (C=O) groups excluding carboxylic acids is 1. The molecule has 1 heterocycles. The Morgan fingerprint density at radius 2 is 2.08 bits per heavy atom. The molecule has 3 N–H and O–H groups in total. The van der Waals surface area contributed by atoms with Crippen LogP contribution in [0.3, 0.4) is 0 Å². The lowest BCUT2D eigenvalue weighted by atomic mass is 9.93. The molecule has 0 saturated heterocycles. The maximum atomic E-state index is 11.9. The second kappa shape index (κ2) is 8.19. The van der Waals surface area contributed by atoms with Gasteiger partial charge in [-0.3, -0.25) is 4.98 Å². The van der Waals surface area contributed by atoms with Crippen molar-refractivity contribution >= 4 is 22.7 Å². The lowest BCUT2D eigenvalue weighted by molar-refractivity contribution is 0.200. The van der Waals surface area contributed by atoms with Crippen molar-refractivity contribution in [1.29, 1.82) is 0 Å². The summed E-state index contributed by atoms with van der Waals surface area (Å²) >= 11 is 0. The van der Waals surface area contributed by atoms with E-state index in [0.717, 1.165) is 60.0 Å². The Morgan fingerprint density at radius 3 is 2.92 bits per heavy atom. The highest BCUT2D eigenvalue weighted by atomic mass is 16.6. The Bertz CT molecular complexity index is 758. The molecule has 1 aromatic heterocycles. The van der Waals surface area contributed by atoms with Crippen molar-refractivity contribution in [3.63, 3.8) is 0 Å². The van der Waals surface area contributed by atoms with E-state index in [1.165, 1.54) is 19.3 Å². The number of anilines is 1. The molecule has 1 aliphatic rings. The third kappa shape index (κ3) is 4.21. The standard InChI is InChI=1S/C20H27N3O2/c1-2-3-4-7-12-22-20(24)25-14-10-11-18-16(13-14)19(21)15-8-5-6-9-17(15)23-18/h10-11,13H,2-9,12H2,1H3,(H2,21,23)(H,22,24). The monoisotopic (exact) mass is 341 g/mol. The second-order valence-electron chi connectivity index (χ2n) is 6.71. The fourth-order valence-electron chi connectivity index (χ4n) is 3.39. The van der Waals surface area contributed by atoms with Gasteiger partial charge in [0.05, 0.1) is 5.52 Å². The molecule has 0 unspecified atom stereocenters. The van der Waals surface area contributed by atoms with Gasteiger partial charge in [-0.25, -0.2) is 4.79 Å². The van der Waals surface area contributed by atoms with Crippen LogP contribution in [0.5, 0.6) is 5.75 Å². The maximum absolute atomic E-state index is 11.9. The van der Waals surface area contributed by atoms with Crippen LogP contribution in [0.2, 0.25) is 0 Å². The molecule has 0 spiro atoms. The first-order chi connectivity index (χ1) is 12.2. The van der Waals surface area contributed by atoms with Crippen LogP contribution in [0.25, 0.3) is 10.9 Å². The van der Waals surface area contributed by atoms with Crippen LogP contribution in [-0.4, -0.2) is 17.6 Å². The van der Waals surface area contributed by atoms with Gasteiger partial charge in [-0.1, -0.05) is 26.2 Å². The Balaban J connectivity index is 1.68. The number of nitrogen functional groups attached to an aromatic ring is 1. The largest absolute Gasteiger partial charge is 0.412 e. The van der Waals surface area contributed by atoms with Gasteiger partial charge in [0.2, 0.25) is 0 Å². The van der Waals surface area contributed by atoms with Gasteiger partial charge in [-0.05, 0) is 55.9 Å². The molecule has 0 bridgehead atoms. The fraction of sp³-hybridized carbons (Fsp3) is 0.500. The summed E-state index contributed by atoms with van der Waals surface area (Å²) in [6, 6.07) is 5.48. The predicted octanol–water partition coefficient (Wildman–Crippen LogP) is 4.36. The van der Waals surface area contributed by atoms with E-state index >= 15 is 0 Å². The van der Waals surface area contributed by atoms with E-state index in [4.69, 9.17) is 15.5 Å². The molecule has 1 aliphatic carbocycles. The summed E-state index contributed by atoms with van der Waals surface area (Å²) < 4.78 is 5.39. The molecule has 0 radical (unpaired) electrons. The number of fused-ring (bicyclic) bond motifs is 2. The summed E-state index contributed by atoms with van der Waals surface area (Å²) in [6.45, 7) is 2.81. The van der Waals surface area contributed by atoms with Crippen molar-refractivity contribution in [2.75, 3.05) is 12.3 Å². The van der Waals surface area contributed by atoms with E-state index in [0.29, 0.717) is 12.3 Å². The number of pyridine rings is 1. The number of unbranched alkanes of at least 4 members (excludes halogenated alkanes) is 3. The van der Waals surface area contributed by atoms with Gasteiger partial charge in [0.1, 0.15) is 5.75 Å². The number of ether oxygens (including phenoxy) is 1. The second-order valence-corrected chi connectivity index (χ2v) is 6.71. The molecule has 0 fully saturated rings. The van der Waals surface area contributed by atoms with Gasteiger partial charge in [-0.15, -0.1) is 0 Å². The van der Waals surface area contributed by atoms with Gasteiger partial charge in [0.15, 0.2) is 0 Å². The summed E-state index contributed by atoms with van der Waals surface area (Å²) in [4.78, 5) is 16.7. The summed E-state index contributed by atoms with van der Waals surface area (Å²) in [5.41, 5.74) is 10.3. The third-order valence-electron chi connectivity index (χ3n) is 4.79. The zero-order valence-electron chi connectivity index (χ0n) is 14.9. The normalized spacial score (nSPS) is 13.5. The smallest absolute Gasteiger partial charge is 0.410 e. The van der Waals surface area contributed by atoms with Crippen LogP contribution >= 0.6 is 0 Å². The number of nitrogens with one attached hydrogen (secondary N) is 1. The van der Waals surface area contributed by atoms with Crippen LogP contribution < -0.4 is 15.8 Å². The summed E-state index contributed by atoms with van der Waals surface area (Å²) in [6.07, 6.45) is 8.36. The highest BCUT2D eigenvalue weighted by molar-refractivity contribution is 5.93. The van der Waals surface area contributed by atoms with Crippen LogP contribution in [0.15, 0.2) is 18.2 Å². The molecule has 3 rings (SSSR count). The quantitative estimate of drug-likeness (QED) is 0.765. The highest BCUT2D eigenvalue weighted by Crippen LogP contribution is 2.32. The first-order valence-corrected chi connectivity index (χ1v) is 9.35. The molecular weight excluding hydrogens is 314 g/mol. The van der Waals surface area contributed by atoms with Crippen LogP contribution in [0.1, 0.15) is 56.7 Å². The molecule has 0 aliphatic heterocycles. The SMILES string of the molecule is CCCCCCNC(=O)Oc1ccc2nc3c(c(N)c2c1)CCCC3. The first kappa shape index (κ1) is 17.5. The Labute approximate surface area is 149 Å². The zero-order valence-corrected chi connectivity index (χ0v) is 14.9. The zero-order chi connectivity index (χ0) is 17.6. The topological polar surface area (TPSA) is 77.2 Å². The third-order valence-corrected chi connectivity index (χ3v) is 4.79. The van der Waals surface area contributed by atoms with E-state index in [9.17, 15) is 4.79 Å². The van der Waals surface area contributed by atoms with Gasteiger partial charge in [-0.2, -0.15) is 0 Å². The Morgan fingerprint density at radius 1 is 1.24 bits per heavy atom. The average Bonchev–Trinajstić information content (AvgIpc) is 2.62. The van der Waals surface area contributed by atoms with Crippen LogP contribution in [0, 0.1) is 0 Å². The summed E-state index contributed by atoms with van der Waals surface area (Å²) in [5, 5.41) is 3.66.